The third kappa shape index (κ3) is 4.49. The molecule has 0 fully saturated rings. The first-order valence-electron chi connectivity index (χ1n) is 6.46. The van der Waals surface area contributed by atoms with Crippen molar-refractivity contribution in [3.05, 3.63) is 28.8 Å². The number of carbonyl (C=O) groups is 1. The van der Waals surface area contributed by atoms with Crippen molar-refractivity contribution in [2.24, 2.45) is 0 Å². The molecular formula is C15H22O3. The zero-order chi connectivity index (χ0) is 13.4. The SMILES string of the molecule is CCCCOCCOc1c(C)cc(C=O)cc1C. The zero-order valence-corrected chi connectivity index (χ0v) is 11.5. The average Bonchev–Trinajstić information content (AvgIpc) is 2.35. The lowest BCUT2D eigenvalue weighted by Crippen LogP contribution is -2.09. The van der Waals surface area contributed by atoms with Gasteiger partial charge in [0.1, 0.15) is 18.6 Å². The number of ether oxygens (including phenoxy) is 2. The van der Waals surface area contributed by atoms with E-state index in [1.54, 1.807) is 0 Å². The van der Waals surface area contributed by atoms with Crippen LogP contribution in [0.3, 0.4) is 0 Å². The minimum absolute atomic E-state index is 0.547. The van der Waals surface area contributed by atoms with E-state index in [1.165, 1.54) is 0 Å². The number of benzene rings is 1. The Morgan fingerprint density at radius 1 is 1.11 bits per heavy atom. The Morgan fingerprint density at radius 2 is 1.78 bits per heavy atom. The molecule has 0 atom stereocenters. The molecule has 1 rings (SSSR count). The predicted molar refractivity (Wildman–Crippen MR) is 72.5 cm³/mol. The molecular weight excluding hydrogens is 228 g/mol. The highest BCUT2D eigenvalue weighted by Gasteiger charge is 2.06. The van der Waals surface area contributed by atoms with E-state index >= 15 is 0 Å². The molecule has 0 heterocycles. The van der Waals surface area contributed by atoms with Crippen LogP contribution in [-0.4, -0.2) is 26.1 Å². The molecule has 0 unspecified atom stereocenters. The van der Waals surface area contributed by atoms with Crippen LogP contribution in [0.2, 0.25) is 0 Å². The third-order valence-electron chi connectivity index (χ3n) is 2.74. The molecule has 3 nitrogen and oxygen atoms in total. The minimum Gasteiger partial charge on any atom is -0.491 e. The molecule has 0 amide bonds. The van der Waals surface area contributed by atoms with Crippen molar-refractivity contribution >= 4 is 6.29 Å². The van der Waals surface area contributed by atoms with E-state index in [-0.39, 0.29) is 0 Å². The third-order valence-corrected chi connectivity index (χ3v) is 2.74. The second-order valence-corrected chi connectivity index (χ2v) is 4.42. The molecule has 1 aromatic rings. The fraction of sp³-hybridized carbons (Fsp3) is 0.533. The molecule has 0 N–H and O–H groups in total. The number of aryl methyl sites for hydroxylation is 2. The molecule has 3 heteroatoms. The molecule has 0 aliphatic rings. The Bertz CT molecular complexity index is 362. The smallest absolute Gasteiger partial charge is 0.150 e. The number of hydrogen-bond donors (Lipinski definition) is 0. The molecule has 0 spiro atoms. The Labute approximate surface area is 109 Å². The summed E-state index contributed by atoms with van der Waals surface area (Å²) in [5.74, 6) is 0.861. The maximum absolute atomic E-state index is 10.7. The largest absolute Gasteiger partial charge is 0.491 e. The molecule has 0 aromatic heterocycles. The van der Waals surface area contributed by atoms with Gasteiger partial charge in [-0.15, -0.1) is 0 Å². The van der Waals surface area contributed by atoms with Crippen molar-refractivity contribution in [2.45, 2.75) is 33.6 Å². The quantitative estimate of drug-likeness (QED) is 0.524. The summed E-state index contributed by atoms with van der Waals surface area (Å²) in [6, 6.07) is 3.68. The summed E-state index contributed by atoms with van der Waals surface area (Å²) >= 11 is 0. The van der Waals surface area contributed by atoms with Crippen LogP contribution in [0, 0.1) is 13.8 Å². The van der Waals surface area contributed by atoms with Crippen LogP contribution in [-0.2, 0) is 4.74 Å². The summed E-state index contributed by atoms with van der Waals surface area (Å²) in [4.78, 5) is 10.7. The summed E-state index contributed by atoms with van der Waals surface area (Å²) in [7, 11) is 0. The van der Waals surface area contributed by atoms with Crippen molar-refractivity contribution in [1.82, 2.24) is 0 Å². The summed E-state index contributed by atoms with van der Waals surface area (Å²) in [6.07, 6.45) is 3.09. The van der Waals surface area contributed by atoms with Gasteiger partial charge < -0.3 is 9.47 Å². The van der Waals surface area contributed by atoms with E-state index in [0.717, 1.165) is 42.6 Å². The van der Waals surface area contributed by atoms with E-state index in [2.05, 4.69) is 6.92 Å². The van der Waals surface area contributed by atoms with Crippen LogP contribution in [0.25, 0.3) is 0 Å². The van der Waals surface area contributed by atoms with E-state index in [4.69, 9.17) is 9.47 Å². The molecule has 0 radical (unpaired) electrons. The lowest BCUT2D eigenvalue weighted by Gasteiger charge is -2.12. The van der Waals surface area contributed by atoms with Gasteiger partial charge in [-0.3, -0.25) is 4.79 Å². The van der Waals surface area contributed by atoms with E-state index in [0.29, 0.717) is 18.8 Å². The maximum Gasteiger partial charge on any atom is 0.150 e. The van der Waals surface area contributed by atoms with Gasteiger partial charge >= 0.3 is 0 Å². The summed E-state index contributed by atoms with van der Waals surface area (Å²) in [5, 5.41) is 0. The van der Waals surface area contributed by atoms with Crippen LogP contribution in [0.4, 0.5) is 0 Å². The second kappa shape index (κ2) is 7.88. The van der Waals surface area contributed by atoms with Gasteiger partial charge in [0.25, 0.3) is 0 Å². The van der Waals surface area contributed by atoms with E-state index < -0.39 is 0 Å². The van der Waals surface area contributed by atoms with Crippen LogP contribution in [0.1, 0.15) is 41.3 Å². The Morgan fingerprint density at radius 3 is 2.33 bits per heavy atom. The molecule has 0 aliphatic heterocycles. The van der Waals surface area contributed by atoms with Crippen LogP contribution < -0.4 is 4.74 Å². The van der Waals surface area contributed by atoms with Crippen molar-refractivity contribution in [3.63, 3.8) is 0 Å². The fourth-order valence-electron chi connectivity index (χ4n) is 1.83. The van der Waals surface area contributed by atoms with Gasteiger partial charge in [0.15, 0.2) is 0 Å². The molecule has 18 heavy (non-hydrogen) atoms. The number of hydrogen-bond acceptors (Lipinski definition) is 3. The normalized spacial score (nSPS) is 10.4. The fourth-order valence-corrected chi connectivity index (χ4v) is 1.83. The first-order chi connectivity index (χ1) is 8.69. The molecule has 0 aliphatic carbocycles. The monoisotopic (exact) mass is 250 g/mol. The molecule has 1 aromatic carbocycles. The van der Waals surface area contributed by atoms with Crippen molar-refractivity contribution in [3.8, 4) is 5.75 Å². The predicted octanol–water partition coefficient (Wildman–Crippen LogP) is 3.31. The van der Waals surface area contributed by atoms with Gasteiger partial charge in [0.05, 0.1) is 6.61 Å². The number of aldehydes is 1. The van der Waals surface area contributed by atoms with Gasteiger partial charge in [0.2, 0.25) is 0 Å². The highest BCUT2D eigenvalue weighted by molar-refractivity contribution is 5.76. The average molecular weight is 250 g/mol. The zero-order valence-electron chi connectivity index (χ0n) is 11.5. The van der Waals surface area contributed by atoms with Crippen LogP contribution in [0.5, 0.6) is 5.75 Å². The van der Waals surface area contributed by atoms with Gasteiger partial charge in [-0.25, -0.2) is 0 Å². The molecule has 0 saturated carbocycles. The second-order valence-electron chi connectivity index (χ2n) is 4.42. The minimum atomic E-state index is 0.547. The topological polar surface area (TPSA) is 35.5 Å². The molecule has 0 bridgehead atoms. The van der Waals surface area contributed by atoms with Crippen molar-refractivity contribution in [1.29, 1.82) is 0 Å². The summed E-state index contributed by atoms with van der Waals surface area (Å²) in [5.41, 5.74) is 2.67. The first kappa shape index (κ1) is 14.7. The van der Waals surface area contributed by atoms with Gasteiger partial charge in [0, 0.05) is 12.2 Å². The summed E-state index contributed by atoms with van der Waals surface area (Å²) < 4.78 is 11.1. The molecule has 0 saturated heterocycles. The van der Waals surface area contributed by atoms with Crippen molar-refractivity contribution < 1.29 is 14.3 Å². The standard InChI is InChI=1S/C15H22O3/c1-4-5-6-17-7-8-18-15-12(2)9-14(11-16)10-13(15)3/h9-11H,4-8H2,1-3H3. The number of rotatable bonds is 8. The maximum atomic E-state index is 10.7. The van der Waals surface area contributed by atoms with Crippen LogP contribution in [0.15, 0.2) is 12.1 Å². The lowest BCUT2D eigenvalue weighted by atomic mass is 10.1. The van der Waals surface area contributed by atoms with Gasteiger partial charge in [-0.05, 0) is 43.5 Å². The Kier molecular flexibility index (Phi) is 6.44. The highest BCUT2D eigenvalue weighted by atomic mass is 16.5. The number of unbranched alkanes of at least 4 members (excludes halogenated alkanes) is 1. The van der Waals surface area contributed by atoms with Crippen molar-refractivity contribution in [2.75, 3.05) is 19.8 Å². The number of carbonyl (C=O) groups excluding carboxylic acids is 1. The van der Waals surface area contributed by atoms with E-state index in [1.807, 2.05) is 26.0 Å². The lowest BCUT2D eigenvalue weighted by molar-refractivity contribution is 0.0976. The molecule has 100 valence electrons. The van der Waals surface area contributed by atoms with Crippen LogP contribution >= 0.6 is 0 Å². The van der Waals surface area contributed by atoms with E-state index in [9.17, 15) is 4.79 Å². The van der Waals surface area contributed by atoms with Gasteiger partial charge in [-0.2, -0.15) is 0 Å². The first-order valence-corrected chi connectivity index (χ1v) is 6.46. The Balaban J connectivity index is 2.45. The summed E-state index contributed by atoms with van der Waals surface area (Å²) in [6.45, 7) is 7.99. The van der Waals surface area contributed by atoms with Gasteiger partial charge in [-0.1, -0.05) is 13.3 Å². The highest BCUT2D eigenvalue weighted by Crippen LogP contribution is 2.24. The Hall–Kier alpha value is -1.35.